The summed E-state index contributed by atoms with van der Waals surface area (Å²) in [5.74, 6) is -2.40. The average Bonchev–Trinajstić information content (AvgIpc) is 2.64. The number of ether oxygens (including phenoxy) is 1. The molecule has 2 aromatic carbocycles. The van der Waals surface area contributed by atoms with Crippen molar-refractivity contribution in [1.29, 1.82) is 0 Å². The molecule has 26 heavy (non-hydrogen) atoms. The normalized spacial score (nSPS) is 10.4. The minimum atomic E-state index is -0.756. The van der Waals surface area contributed by atoms with Gasteiger partial charge in [0, 0.05) is 16.7 Å². The number of rotatable bonds is 5. The Morgan fingerprint density at radius 1 is 1.00 bits per heavy atom. The number of nitrogens with one attached hydrogen (secondary N) is 2. The molecule has 0 aliphatic rings. The van der Waals surface area contributed by atoms with Gasteiger partial charge >= 0.3 is 5.97 Å². The SMILES string of the molecule is O=C(COC(=O)/C=C/c1ccc(F)cc1)NNC(=O)c1ccc(Cl)cc1. The predicted molar refractivity (Wildman–Crippen MR) is 93.5 cm³/mol. The van der Waals surface area contributed by atoms with Crippen molar-refractivity contribution in [3.05, 3.63) is 76.6 Å². The lowest BCUT2D eigenvalue weighted by atomic mass is 10.2. The summed E-state index contributed by atoms with van der Waals surface area (Å²) in [6, 6.07) is 11.5. The van der Waals surface area contributed by atoms with Crippen LogP contribution in [0.25, 0.3) is 6.08 Å². The van der Waals surface area contributed by atoms with E-state index in [2.05, 4.69) is 10.9 Å². The lowest BCUT2D eigenvalue weighted by Crippen LogP contribution is -2.43. The van der Waals surface area contributed by atoms with E-state index in [0.29, 0.717) is 16.1 Å². The minimum Gasteiger partial charge on any atom is -0.452 e. The summed E-state index contributed by atoms with van der Waals surface area (Å²) in [6.07, 6.45) is 2.52. The topological polar surface area (TPSA) is 84.5 Å². The van der Waals surface area contributed by atoms with Crippen molar-refractivity contribution >= 4 is 35.5 Å². The molecule has 2 rings (SSSR count). The molecule has 6 nitrogen and oxygen atoms in total. The number of carbonyl (C=O) groups excluding carboxylic acids is 3. The summed E-state index contributed by atoms with van der Waals surface area (Å²) >= 11 is 5.71. The third-order valence-electron chi connectivity index (χ3n) is 3.05. The first kappa shape index (κ1) is 19.1. The third-order valence-corrected chi connectivity index (χ3v) is 3.30. The van der Waals surface area contributed by atoms with E-state index in [1.807, 2.05) is 0 Å². The van der Waals surface area contributed by atoms with Crippen LogP contribution in [0.1, 0.15) is 15.9 Å². The summed E-state index contributed by atoms with van der Waals surface area (Å²) in [7, 11) is 0. The van der Waals surface area contributed by atoms with Crippen LogP contribution in [0.4, 0.5) is 4.39 Å². The molecular formula is C18H14ClFN2O4. The van der Waals surface area contributed by atoms with Crippen LogP contribution >= 0.6 is 11.6 Å². The number of benzene rings is 2. The van der Waals surface area contributed by atoms with Gasteiger partial charge in [-0.05, 0) is 48.0 Å². The van der Waals surface area contributed by atoms with Gasteiger partial charge < -0.3 is 4.74 Å². The van der Waals surface area contributed by atoms with Crippen molar-refractivity contribution in [1.82, 2.24) is 10.9 Å². The Labute approximate surface area is 153 Å². The lowest BCUT2D eigenvalue weighted by Gasteiger charge is -2.07. The molecule has 0 heterocycles. The molecule has 0 aliphatic carbocycles. The fraction of sp³-hybridized carbons (Fsp3) is 0.0556. The lowest BCUT2D eigenvalue weighted by molar-refractivity contribution is -0.144. The highest BCUT2D eigenvalue weighted by molar-refractivity contribution is 6.30. The number of hydrogen-bond donors (Lipinski definition) is 2. The summed E-state index contributed by atoms with van der Waals surface area (Å²) in [6.45, 7) is -0.576. The maximum atomic E-state index is 12.8. The third kappa shape index (κ3) is 6.37. The summed E-state index contributed by atoms with van der Waals surface area (Å²) in [5.41, 5.74) is 5.20. The summed E-state index contributed by atoms with van der Waals surface area (Å²) < 4.78 is 17.5. The number of carbonyl (C=O) groups is 3. The predicted octanol–water partition coefficient (Wildman–Crippen LogP) is 2.50. The molecule has 0 aromatic heterocycles. The van der Waals surface area contributed by atoms with E-state index in [4.69, 9.17) is 16.3 Å². The summed E-state index contributed by atoms with van der Waals surface area (Å²) in [4.78, 5) is 34.8. The first-order valence-corrected chi connectivity index (χ1v) is 7.77. The quantitative estimate of drug-likeness (QED) is 0.477. The van der Waals surface area contributed by atoms with Crippen molar-refractivity contribution < 1.29 is 23.5 Å². The van der Waals surface area contributed by atoms with Gasteiger partial charge in [0.2, 0.25) is 0 Å². The van der Waals surface area contributed by atoms with Crippen LogP contribution in [0.5, 0.6) is 0 Å². The van der Waals surface area contributed by atoms with Gasteiger partial charge in [0.15, 0.2) is 6.61 Å². The molecular weight excluding hydrogens is 363 g/mol. The van der Waals surface area contributed by atoms with E-state index in [9.17, 15) is 18.8 Å². The number of hydrazine groups is 1. The van der Waals surface area contributed by atoms with Crippen molar-refractivity contribution in [2.75, 3.05) is 6.61 Å². The van der Waals surface area contributed by atoms with Gasteiger partial charge in [-0.25, -0.2) is 9.18 Å². The Morgan fingerprint density at radius 2 is 1.65 bits per heavy atom. The van der Waals surface area contributed by atoms with Crippen LogP contribution in [-0.2, 0) is 14.3 Å². The minimum absolute atomic E-state index is 0.300. The Hall–Kier alpha value is -3.19. The molecule has 0 aliphatic heterocycles. The number of amides is 2. The number of esters is 1. The monoisotopic (exact) mass is 376 g/mol. The highest BCUT2D eigenvalue weighted by Gasteiger charge is 2.08. The van der Waals surface area contributed by atoms with Crippen LogP contribution < -0.4 is 10.9 Å². The van der Waals surface area contributed by atoms with Crippen LogP contribution in [0.3, 0.4) is 0 Å². The van der Waals surface area contributed by atoms with Crippen molar-refractivity contribution in [2.24, 2.45) is 0 Å². The van der Waals surface area contributed by atoms with Gasteiger partial charge in [-0.2, -0.15) is 0 Å². The molecule has 0 saturated heterocycles. The Balaban J connectivity index is 1.72. The second kappa shape index (κ2) is 9.33. The molecule has 0 atom stereocenters. The van der Waals surface area contributed by atoms with Crippen LogP contribution in [-0.4, -0.2) is 24.4 Å². The molecule has 134 valence electrons. The molecule has 0 unspecified atom stereocenters. The van der Waals surface area contributed by atoms with Gasteiger partial charge in [0.1, 0.15) is 5.82 Å². The zero-order valence-electron chi connectivity index (χ0n) is 13.4. The Kier molecular flexibility index (Phi) is 6.87. The van der Waals surface area contributed by atoms with Crippen LogP contribution in [0.15, 0.2) is 54.6 Å². The van der Waals surface area contributed by atoms with Gasteiger partial charge in [0.05, 0.1) is 0 Å². The molecule has 0 bridgehead atoms. The highest BCUT2D eigenvalue weighted by atomic mass is 35.5. The van der Waals surface area contributed by atoms with E-state index >= 15 is 0 Å². The molecule has 0 radical (unpaired) electrons. The largest absolute Gasteiger partial charge is 0.452 e. The molecule has 2 N–H and O–H groups in total. The molecule has 0 fully saturated rings. The van der Waals surface area contributed by atoms with Gasteiger partial charge in [-0.1, -0.05) is 23.7 Å². The van der Waals surface area contributed by atoms with E-state index in [1.165, 1.54) is 54.6 Å². The molecule has 8 heteroatoms. The van der Waals surface area contributed by atoms with Crippen molar-refractivity contribution in [3.8, 4) is 0 Å². The van der Waals surface area contributed by atoms with Crippen molar-refractivity contribution in [3.63, 3.8) is 0 Å². The first-order chi connectivity index (χ1) is 12.4. The van der Waals surface area contributed by atoms with Gasteiger partial charge in [0.25, 0.3) is 11.8 Å². The van der Waals surface area contributed by atoms with Gasteiger partial charge in [-0.15, -0.1) is 0 Å². The fourth-order valence-corrected chi connectivity index (χ4v) is 1.88. The van der Waals surface area contributed by atoms with Crippen LogP contribution in [0.2, 0.25) is 5.02 Å². The molecule has 2 amide bonds. The molecule has 2 aromatic rings. The van der Waals surface area contributed by atoms with E-state index in [-0.39, 0.29) is 5.82 Å². The van der Waals surface area contributed by atoms with Gasteiger partial charge in [-0.3, -0.25) is 20.4 Å². The zero-order chi connectivity index (χ0) is 18.9. The van der Waals surface area contributed by atoms with E-state index in [0.717, 1.165) is 6.08 Å². The zero-order valence-corrected chi connectivity index (χ0v) is 14.1. The maximum absolute atomic E-state index is 12.8. The molecule has 0 spiro atoms. The standard InChI is InChI=1S/C18H14ClFN2O4/c19-14-6-4-13(5-7-14)18(25)22-21-16(23)11-26-17(24)10-3-12-1-8-15(20)9-2-12/h1-10H,11H2,(H,21,23)(H,22,25)/b10-3+. The second-order valence-corrected chi connectivity index (χ2v) is 5.44. The average molecular weight is 377 g/mol. The summed E-state index contributed by atoms with van der Waals surface area (Å²) in [5, 5.41) is 0.478. The smallest absolute Gasteiger partial charge is 0.331 e. The molecule has 0 saturated carbocycles. The number of halogens is 2. The highest BCUT2D eigenvalue weighted by Crippen LogP contribution is 2.09. The van der Waals surface area contributed by atoms with Crippen LogP contribution in [0, 0.1) is 5.82 Å². The fourth-order valence-electron chi connectivity index (χ4n) is 1.76. The van der Waals surface area contributed by atoms with E-state index in [1.54, 1.807) is 0 Å². The number of hydrogen-bond acceptors (Lipinski definition) is 4. The second-order valence-electron chi connectivity index (χ2n) is 5.00. The Morgan fingerprint density at radius 3 is 2.31 bits per heavy atom. The Bertz CT molecular complexity index is 820. The van der Waals surface area contributed by atoms with Crippen molar-refractivity contribution in [2.45, 2.75) is 0 Å². The first-order valence-electron chi connectivity index (χ1n) is 7.39. The van der Waals surface area contributed by atoms with E-state index < -0.39 is 24.4 Å². The maximum Gasteiger partial charge on any atom is 0.331 e.